The first-order valence-electron chi connectivity index (χ1n) is 9.26. The van der Waals surface area contributed by atoms with Crippen molar-refractivity contribution in [3.8, 4) is 5.75 Å². The Morgan fingerprint density at radius 3 is 2.42 bits per heavy atom. The van der Waals surface area contributed by atoms with E-state index in [1.165, 1.54) is 12.1 Å². The van der Waals surface area contributed by atoms with Crippen LogP contribution in [0.25, 0.3) is 0 Å². The Hall–Kier alpha value is -1.31. The van der Waals surface area contributed by atoms with Gasteiger partial charge < -0.3 is 19.6 Å². The Morgan fingerprint density at radius 2 is 1.85 bits per heavy atom. The average Bonchev–Trinajstić information content (AvgIpc) is 2.76. The third-order valence-corrected chi connectivity index (χ3v) is 5.62. The van der Waals surface area contributed by atoms with E-state index in [1.807, 2.05) is 0 Å². The van der Waals surface area contributed by atoms with E-state index in [2.05, 4.69) is 21.6 Å². The second kappa shape index (κ2) is 8.15. The van der Waals surface area contributed by atoms with E-state index in [0.29, 0.717) is 0 Å². The van der Waals surface area contributed by atoms with Gasteiger partial charge >= 0.3 is 6.36 Å². The van der Waals surface area contributed by atoms with E-state index in [9.17, 15) is 18.3 Å². The summed E-state index contributed by atoms with van der Waals surface area (Å²) in [4.78, 5) is 4.73. The second-order valence-electron chi connectivity index (χ2n) is 7.49. The molecule has 1 aliphatic heterocycles. The molecule has 3 atom stereocenters. The van der Waals surface area contributed by atoms with Gasteiger partial charge in [-0.3, -0.25) is 0 Å². The average molecular weight is 372 g/mol. The predicted molar refractivity (Wildman–Crippen MR) is 93.2 cm³/mol. The minimum atomic E-state index is -4.68. The molecule has 0 aromatic heterocycles. The minimum absolute atomic E-state index is 0.127. The molecule has 146 valence electrons. The lowest BCUT2D eigenvalue weighted by atomic mass is 9.70. The highest BCUT2D eigenvalue weighted by atomic mass is 19.4. The van der Waals surface area contributed by atoms with Crippen molar-refractivity contribution in [2.45, 2.75) is 37.6 Å². The molecule has 3 rings (SSSR count). The lowest BCUT2D eigenvalue weighted by Gasteiger charge is -2.41. The molecule has 1 heterocycles. The molecule has 7 heteroatoms. The molecule has 1 N–H and O–H groups in total. The third kappa shape index (κ3) is 5.11. The first-order valence-corrected chi connectivity index (χ1v) is 9.26. The van der Waals surface area contributed by atoms with E-state index in [1.54, 1.807) is 12.1 Å². The van der Waals surface area contributed by atoms with Crippen molar-refractivity contribution in [3.63, 3.8) is 0 Å². The maximum Gasteiger partial charge on any atom is 0.573 e. The van der Waals surface area contributed by atoms with Crippen molar-refractivity contribution in [1.82, 2.24) is 9.80 Å². The maximum absolute atomic E-state index is 12.4. The molecular formula is C19H27F3N2O2. The van der Waals surface area contributed by atoms with E-state index in [0.717, 1.165) is 57.5 Å². The monoisotopic (exact) mass is 372 g/mol. The Morgan fingerprint density at radius 1 is 1.12 bits per heavy atom. The summed E-state index contributed by atoms with van der Waals surface area (Å²) in [7, 11) is 2.12. The number of aliphatic hydroxyl groups excluding tert-OH is 1. The normalized spacial score (nSPS) is 26.8. The molecule has 1 aliphatic carbocycles. The topological polar surface area (TPSA) is 35.9 Å². The molecule has 0 spiro atoms. The lowest BCUT2D eigenvalue weighted by Crippen LogP contribution is -2.42. The van der Waals surface area contributed by atoms with Crippen LogP contribution in [0.5, 0.6) is 5.75 Å². The number of halogens is 3. The van der Waals surface area contributed by atoms with E-state index in [-0.39, 0.29) is 23.7 Å². The van der Waals surface area contributed by atoms with Crippen molar-refractivity contribution < 1.29 is 23.0 Å². The van der Waals surface area contributed by atoms with Crippen LogP contribution < -0.4 is 4.74 Å². The summed E-state index contributed by atoms with van der Waals surface area (Å²) in [5.74, 6) is 0.0954. The Bertz CT molecular complexity index is 579. The molecule has 3 unspecified atom stereocenters. The smallest absolute Gasteiger partial charge is 0.406 e. The van der Waals surface area contributed by atoms with Gasteiger partial charge in [-0.15, -0.1) is 13.2 Å². The molecule has 1 saturated heterocycles. The van der Waals surface area contributed by atoms with E-state index >= 15 is 0 Å². The van der Waals surface area contributed by atoms with Gasteiger partial charge in [0.1, 0.15) is 5.75 Å². The summed E-state index contributed by atoms with van der Waals surface area (Å²) in [6, 6.07) is 6.16. The summed E-state index contributed by atoms with van der Waals surface area (Å²) in [5.41, 5.74) is 0.973. The van der Waals surface area contributed by atoms with Crippen LogP contribution in [-0.2, 0) is 0 Å². The summed E-state index contributed by atoms with van der Waals surface area (Å²) in [6.07, 6.45) is -2.13. The quantitative estimate of drug-likeness (QED) is 0.862. The van der Waals surface area contributed by atoms with Crippen molar-refractivity contribution >= 4 is 0 Å². The molecule has 4 nitrogen and oxygen atoms in total. The molecule has 2 fully saturated rings. The van der Waals surface area contributed by atoms with Crippen molar-refractivity contribution in [2.24, 2.45) is 5.92 Å². The predicted octanol–water partition coefficient (Wildman–Crippen LogP) is 3.08. The summed E-state index contributed by atoms with van der Waals surface area (Å²) >= 11 is 0. The fourth-order valence-corrected chi connectivity index (χ4v) is 3.94. The van der Waals surface area contributed by atoms with Gasteiger partial charge in [-0.05, 0) is 63.0 Å². The van der Waals surface area contributed by atoms with Crippen LogP contribution in [0.15, 0.2) is 24.3 Å². The molecule has 0 bridgehead atoms. The number of ether oxygens (including phenoxy) is 1. The van der Waals surface area contributed by atoms with Gasteiger partial charge in [-0.1, -0.05) is 12.1 Å². The van der Waals surface area contributed by atoms with Gasteiger partial charge in [-0.2, -0.15) is 0 Å². The van der Waals surface area contributed by atoms with Gasteiger partial charge in [0.05, 0.1) is 6.10 Å². The molecule has 1 saturated carbocycles. The summed E-state index contributed by atoms with van der Waals surface area (Å²) < 4.78 is 41.0. The third-order valence-electron chi connectivity index (χ3n) is 5.62. The number of nitrogens with zero attached hydrogens (tertiary/aromatic N) is 2. The Kier molecular flexibility index (Phi) is 6.10. The first-order chi connectivity index (χ1) is 12.3. The Balaban J connectivity index is 1.71. The van der Waals surface area contributed by atoms with Crippen LogP contribution in [0.2, 0.25) is 0 Å². The first kappa shape index (κ1) is 19.5. The molecule has 26 heavy (non-hydrogen) atoms. The van der Waals surface area contributed by atoms with Gasteiger partial charge in [0, 0.05) is 25.6 Å². The molecule has 1 aromatic carbocycles. The van der Waals surface area contributed by atoms with Crippen molar-refractivity contribution in [1.29, 1.82) is 0 Å². The van der Waals surface area contributed by atoms with Crippen LogP contribution >= 0.6 is 0 Å². The van der Waals surface area contributed by atoms with Gasteiger partial charge in [0.2, 0.25) is 0 Å². The van der Waals surface area contributed by atoms with Gasteiger partial charge in [0.25, 0.3) is 0 Å². The fraction of sp³-hybridized carbons (Fsp3) is 0.684. The van der Waals surface area contributed by atoms with Crippen molar-refractivity contribution in [3.05, 3.63) is 29.8 Å². The number of hydrogen-bond acceptors (Lipinski definition) is 4. The molecule has 0 radical (unpaired) electrons. The molecular weight excluding hydrogens is 345 g/mol. The maximum atomic E-state index is 12.4. The number of rotatable bonds is 5. The molecule has 2 aliphatic rings. The molecule has 0 amide bonds. The molecule has 1 aromatic rings. The van der Waals surface area contributed by atoms with Gasteiger partial charge in [-0.25, -0.2) is 0 Å². The highest BCUT2D eigenvalue weighted by Gasteiger charge is 2.37. The van der Waals surface area contributed by atoms with E-state index < -0.39 is 6.36 Å². The number of likely N-dealkylation sites (N-methyl/N-ethyl adjacent to an activating group) is 1. The van der Waals surface area contributed by atoms with Crippen molar-refractivity contribution in [2.75, 3.05) is 39.8 Å². The van der Waals surface area contributed by atoms with E-state index in [4.69, 9.17) is 0 Å². The number of hydrogen-bond donors (Lipinski definition) is 1. The van der Waals surface area contributed by atoms with Gasteiger partial charge in [0.15, 0.2) is 0 Å². The van der Waals surface area contributed by atoms with Crippen LogP contribution in [0.4, 0.5) is 13.2 Å². The van der Waals surface area contributed by atoms with Crippen LogP contribution in [0.3, 0.4) is 0 Å². The summed E-state index contributed by atoms with van der Waals surface area (Å²) in [5, 5.41) is 10.2. The zero-order chi connectivity index (χ0) is 18.7. The lowest BCUT2D eigenvalue weighted by molar-refractivity contribution is -0.274. The number of alkyl halides is 3. The number of aliphatic hydroxyl groups is 1. The SMILES string of the molecule is CN1CCCN(CC(c2ccc(OC(F)(F)F)cc2)C2CCC2O)CC1. The van der Waals surface area contributed by atoms with Crippen LogP contribution in [0, 0.1) is 5.92 Å². The summed E-state index contributed by atoms with van der Waals surface area (Å²) in [6.45, 7) is 4.91. The highest BCUT2D eigenvalue weighted by molar-refractivity contribution is 5.31. The highest BCUT2D eigenvalue weighted by Crippen LogP contribution is 2.40. The zero-order valence-electron chi connectivity index (χ0n) is 15.1. The van der Waals surface area contributed by atoms with Crippen LogP contribution in [0.1, 0.15) is 30.7 Å². The largest absolute Gasteiger partial charge is 0.573 e. The standard InChI is InChI=1S/C19H27F3N2O2/c1-23-9-2-10-24(12-11-23)13-17(16-7-8-18(16)25)14-3-5-15(6-4-14)26-19(20,21)22/h3-6,16-18,25H,2,7-13H2,1H3. The fourth-order valence-electron chi connectivity index (χ4n) is 3.94. The second-order valence-corrected chi connectivity index (χ2v) is 7.49. The van der Waals surface area contributed by atoms with Crippen LogP contribution in [-0.4, -0.2) is 67.1 Å². The zero-order valence-corrected chi connectivity index (χ0v) is 15.1. The number of benzene rings is 1. The Labute approximate surface area is 152 Å². The minimum Gasteiger partial charge on any atom is -0.406 e.